The number of ether oxygens (including phenoxy) is 2. The number of benzene rings is 2. The first kappa shape index (κ1) is 18.4. The molecule has 2 N–H and O–H groups in total. The van der Waals surface area contributed by atoms with E-state index in [1.54, 1.807) is 12.4 Å². The monoisotopic (exact) mass is 401 g/mol. The van der Waals surface area contributed by atoms with Crippen molar-refractivity contribution < 1.29 is 9.47 Å². The quantitative estimate of drug-likeness (QED) is 0.484. The molecule has 0 unspecified atom stereocenters. The molecule has 152 valence electrons. The normalized spacial score (nSPS) is 13.8. The highest BCUT2D eigenvalue weighted by atomic mass is 16.5. The second-order valence-electron chi connectivity index (χ2n) is 7.36. The van der Waals surface area contributed by atoms with Crippen molar-refractivity contribution in [1.29, 1.82) is 0 Å². The molecular weight excluding hydrogens is 378 g/mol. The summed E-state index contributed by atoms with van der Waals surface area (Å²) in [5.41, 5.74) is 4.29. The second-order valence-corrected chi connectivity index (χ2v) is 7.36. The van der Waals surface area contributed by atoms with Gasteiger partial charge in [0.25, 0.3) is 0 Å². The molecule has 0 bridgehead atoms. The molecule has 0 radical (unpaired) electrons. The number of aryl methyl sites for hydroxylation is 1. The van der Waals surface area contributed by atoms with E-state index in [1.807, 2.05) is 49.5 Å². The number of anilines is 2. The van der Waals surface area contributed by atoms with Crippen LogP contribution in [0.3, 0.4) is 0 Å². The van der Waals surface area contributed by atoms with Gasteiger partial charge in [-0.15, -0.1) is 0 Å². The van der Waals surface area contributed by atoms with Gasteiger partial charge in [-0.1, -0.05) is 12.1 Å². The molecule has 2 aromatic heterocycles. The average molecular weight is 401 g/mol. The Hall–Kier alpha value is -3.58. The summed E-state index contributed by atoms with van der Waals surface area (Å²) >= 11 is 0. The molecule has 3 heterocycles. The molecule has 1 saturated heterocycles. The van der Waals surface area contributed by atoms with Crippen molar-refractivity contribution in [3.63, 3.8) is 0 Å². The molecule has 0 spiro atoms. The lowest BCUT2D eigenvalue weighted by molar-refractivity contribution is 0.0211. The first-order valence-electron chi connectivity index (χ1n) is 9.96. The van der Waals surface area contributed by atoms with Gasteiger partial charge >= 0.3 is 0 Å². The summed E-state index contributed by atoms with van der Waals surface area (Å²) in [6.07, 6.45) is 3.42. The first-order chi connectivity index (χ1) is 14.7. The lowest BCUT2D eigenvalue weighted by Gasteiger charge is -2.27. The number of pyridine rings is 1. The van der Waals surface area contributed by atoms with E-state index in [-0.39, 0.29) is 0 Å². The van der Waals surface area contributed by atoms with E-state index in [4.69, 9.17) is 14.5 Å². The van der Waals surface area contributed by atoms with E-state index in [2.05, 4.69) is 32.3 Å². The maximum absolute atomic E-state index is 5.79. The lowest BCUT2D eigenvalue weighted by atomic mass is 10.2. The van der Waals surface area contributed by atoms with Crippen LogP contribution < -0.4 is 15.4 Å². The van der Waals surface area contributed by atoms with Gasteiger partial charge in [0.15, 0.2) is 0 Å². The van der Waals surface area contributed by atoms with Gasteiger partial charge in [-0.2, -0.15) is 0 Å². The molecule has 1 fully saturated rings. The van der Waals surface area contributed by atoms with Gasteiger partial charge in [0, 0.05) is 25.5 Å². The highest BCUT2D eigenvalue weighted by molar-refractivity contribution is 5.82. The predicted octanol–water partition coefficient (Wildman–Crippen LogP) is 4.18. The van der Waals surface area contributed by atoms with Gasteiger partial charge in [0.05, 0.1) is 36.5 Å². The maximum Gasteiger partial charge on any atom is 0.203 e. The van der Waals surface area contributed by atoms with Crippen molar-refractivity contribution in [3.05, 3.63) is 72.6 Å². The summed E-state index contributed by atoms with van der Waals surface area (Å²) < 4.78 is 13.1. The molecular formula is C23H23N5O2. The van der Waals surface area contributed by atoms with Crippen LogP contribution in [0.15, 0.2) is 67.0 Å². The summed E-state index contributed by atoms with van der Waals surface area (Å²) in [5.74, 6) is 2.35. The molecule has 5 rings (SSSR count). The average Bonchev–Trinajstić information content (AvgIpc) is 3.06. The van der Waals surface area contributed by atoms with E-state index in [0.717, 1.165) is 52.9 Å². The van der Waals surface area contributed by atoms with Crippen LogP contribution in [0.1, 0.15) is 5.56 Å². The largest absolute Gasteiger partial charge is 0.456 e. The maximum atomic E-state index is 5.79. The second kappa shape index (κ2) is 8.04. The van der Waals surface area contributed by atoms with Crippen LogP contribution in [0.4, 0.5) is 11.6 Å². The first-order valence-corrected chi connectivity index (χ1v) is 9.96. The van der Waals surface area contributed by atoms with Crippen LogP contribution in [0.5, 0.6) is 11.5 Å². The van der Waals surface area contributed by atoms with E-state index in [0.29, 0.717) is 12.6 Å². The van der Waals surface area contributed by atoms with Crippen LogP contribution in [-0.4, -0.2) is 33.8 Å². The lowest BCUT2D eigenvalue weighted by Crippen LogP contribution is -2.40. The molecule has 2 aromatic carbocycles. The summed E-state index contributed by atoms with van der Waals surface area (Å²) in [6.45, 7) is 2.21. The Morgan fingerprint density at radius 2 is 1.97 bits per heavy atom. The smallest absolute Gasteiger partial charge is 0.203 e. The zero-order valence-corrected chi connectivity index (χ0v) is 16.7. The third kappa shape index (κ3) is 3.92. The van der Waals surface area contributed by atoms with Crippen molar-refractivity contribution in [2.45, 2.75) is 12.6 Å². The minimum Gasteiger partial charge on any atom is -0.456 e. The number of fused-ring (bicyclic) bond motifs is 1. The number of imidazole rings is 1. The Morgan fingerprint density at radius 1 is 1.10 bits per heavy atom. The third-order valence-corrected chi connectivity index (χ3v) is 5.13. The van der Waals surface area contributed by atoms with E-state index in [1.165, 1.54) is 0 Å². The van der Waals surface area contributed by atoms with Gasteiger partial charge < -0.3 is 24.7 Å². The third-order valence-electron chi connectivity index (χ3n) is 5.13. The molecule has 0 saturated carbocycles. The minimum absolute atomic E-state index is 0.401. The van der Waals surface area contributed by atoms with Crippen LogP contribution in [-0.2, 0) is 18.3 Å². The van der Waals surface area contributed by atoms with Crippen molar-refractivity contribution in [2.75, 3.05) is 23.8 Å². The Morgan fingerprint density at radius 3 is 2.70 bits per heavy atom. The highest BCUT2D eigenvalue weighted by Gasteiger charge is 2.18. The Kier molecular flexibility index (Phi) is 4.94. The van der Waals surface area contributed by atoms with Crippen molar-refractivity contribution in [2.24, 2.45) is 7.05 Å². The van der Waals surface area contributed by atoms with Gasteiger partial charge in [-0.25, -0.2) is 4.98 Å². The minimum atomic E-state index is 0.401. The molecule has 7 heteroatoms. The van der Waals surface area contributed by atoms with Crippen LogP contribution in [0, 0.1) is 0 Å². The highest BCUT2D eigenvalue weighted by Crippen LogP contribution is 2.24. The summed E-state index contributed by atoms with van der Waals surface area (Å²) in [6, 6.07) is 18.4. The Labute approximate surface area is 174 Å². The summed E-state index contributed by atoms with van der Waals surface area (Å²) in [4.78, 5) is 8.78. The van der Waals surface area contributed by atoms with Crippen LogP contribution in [0.2, 0.25) is 0 Å². The molecule has 0 amide bonds. The van der Waals surface area contributed by atoms with E-state index >= 15 is 0 Å². The Bertz CT molecular complexity index is 1140. The summed E-state index contributed by atoms with van der Waals surface area (Å²) in [7, 11) is 2.03. The molecule has 1 aliphatic rings. The topological polar surface area (TPSA) is 73.2 Å². The number of nitrogens with zero attached hydrogens (tertiary/aromatic N) is 3. The van der Waals surface area contributed by atoms with Gasteiger partial charge in [0.2, 0.25) is 5.95 Å². The molecule has 30 heavy (non-hydrogen) atoms. The van der Waals surface area contributed by atoms with E-state index in [9.17, 15) is 0 Å². The zero-order valence-electron chi connectivity index (χ0n) is 16.7. The number of hydrogen-bond acceptors (Lipinski definition) is 6. The van der Waals surface area contributed by atoms with Crippen LogP contribution in [0.25, 0.3) is 11.0 Å². The fourth-order valence-corrected chi connectivity index (χ4v) is 3.39. The molecule has 7 nitrogen and oxygen atoms in total. The fraction of sp³-hybridized carbons (Fsp3) is 0.217. The van der Waals surface area contributed by atoms with E-state index < -0.39 is 0 Å². The number of aromatic nitrogens is 3. The van der Waals surface area contributed by atoms with Gasteiger partial charge in [-0.05, 0) is 48.0 Å². The standard InChI is InChI=1S/C23H23N5O2/c1-28-22-11-17(26-18-14-29-15-18)6-9-21(22)27-23(28)25-12-16-4-7-19(8-5-16)30-20-3-2-10-24-13-20/h2-11,13,18,26H,12,14-15H2,1H3,(H,25,27). The van der Waals surface area contributed by atoms with Gasteiger partial charge in [-0.3, -0.25) is 4.98 Å². The molecule has 0 aliphatic carbocycles. The van der Waals surface area contributed by atoms with Crippen molar-refractivity contribution >= 4 is 22.7 Å². The van der Waals surface area contributed by atoms with Gasteiger partial charge in [0.1, 0.15) is 11.5 Å². The molecule has 0 atom stereocenters. The number of rotatable bonds is 7. The van der Waals surface area contributed by atoms with Crippen molar-refractivity contribution in [1.82, 2.24) is 14.5 Å². The summed E-state index contributed by atoms with van der Waals surface area (Å²) in [5, 5.41) is 6.92. The SMILES string of the molecule is Cn1c(NCc2ccc(Oc3cccnc3)cc2)nc2ccc(NC3COC3)cc21. The fourth-order valence-electron chi connectivity index (χ4n) is 3.39. The molecule has 4 aromatic rings. The van der Waals surface area contributed by atoms with Crippen LogP contribution >= 0.6 is 0 Å². The number of hydrogen-bond donors (Lipinski definition) is 2. The molecule has 1 aliphatic heterocycles. The number of nitrogens with one attached hydrogen (secondary N) is 2. The predicted molar refractivity (Wildman–Crippen MR) is 117 cm³/mol. The Balaban J connectivity index is 1.24. The van der Waals surface area contributed by atoms with Crippen molar-refractivity contribution in [3.8, 4) is 11.5 Å². The zero-order chi connectivity index (χ0) is 20.3.